The molecule has 0 aromatic rings. The van der Waals surface area contributed by atoms with E-state index in [1.54, 1.807) is 6.08 Å². The zero-order chi connectivity index (χ0) is 15.8. The van der Waals surface area contributed by atoms with Gasteiger partial charge in [-0.25, -0.2) is 4.39 Å². The van der Waals surface area contributed by atoms with Crippen molar-refractivity contribution >= 4 is 5.97 Å². The molecule has 0 fully saturated rings. The molecule has 0 aliphatic heterocycles. The van der Waals surface area contributed by atoms with E-state index in [9.17, 15) is 9.18 Å². The van der Waals surface area contributed by atoms with Gasteiger partial charge >= 0.3 is 5.97 Å². The second kappa shape index (κ2) is 18.9. The van der Waals surface area contributed by atoms with E-state index in [1.807, 2.05) is 0 Å². The summed E-state index contributed by atoms with van der Waals surface area (Å²) in [4.78, 5) is 10.3. The second-order valence-corrected chi connectivity index (χ2v) is 5.87. The number of carbonyl (C=O) groups is 1. The summed E-state index contributed by atoms with van der Waals surface area (Å²) in [5.41, 5.74) is 0. The number of carboxylic acids is 1. The zero-order valence-electron chi connectivity index (χ0n) is 14.0. The molecule has 0 spiro atoms. The van der Waals surface area contributed by atoms with E-state index in [0.29, 0.717) is 6.42 Å². The van der Waals surface area contributed by atoms with Crippen LogP contribution in [0.5, 0.6) is 0 Å². The third-order valence-corrected chi connectivity index (χ3v) is 3.73. The van der Waals surface area contributed by atoms with Gasteiger partial charge < -0.3 is 5.11 Å². The van der Waals surface area contributed by atoms with E-state index in [-0.39, 0.29) is 34.6 Å². The minimum atomic E-state index is -0.723. The van der Waals surface area contributed by atoms with Gasteiger partial charge in [-0.15, -0.1) is 0 Å². The number of carboxylic acid groups (broad SMARTS) is 1. The van der Waals surface area contributed by atoms with Crippen molar-refractivity contribution < 1.29 is 36.7 Å². The van der Waals surface area contributed by atoms with E-state index in [2.05, 4.69) is 6.92 Å². The quantitative estimate of drug-likeness (QED) is 0.251. The minimum absolute atomic E-state index is 0. The molecule has 135 valence electrons. The van der Waals surface area contributed by atoms with Crippen LogP contribution in [0.1, 0.15) is 96.8 Å². The predicted molar refractivity (Wildman–Crippen MR) is 87.1 cm³/mol. The zero-order valence-corrected chi connectivity index (χ0v) is 15.5. The Morgan fingerprint density at radius 1 is 0.864 bits per heavy atom. The average Bonchev–Trinajstić information content (AvgIpc) is 2.45. The maximum atomic E-state index is 13.5. The number of halogens is 1. The van der Waals surface area contributed by atoms with Crippen LogP contribution in [-0.4, -0.2) is 11.1 Å². The monoisotopic (exact) mass is 407 g/mol. The van der Waals surface area contributed by atoms with Gasteiger partial charge in [0.1, 0.15) is 0 Å². The SMILES string of the molecule is CCCCCCCC/C=C(/F)CCCCCCCC(=O)O.[Ag]. The summed E-state index contributed by atoms with van der Waals surface area (Å²) in [6, 6.07) is 0. The third kappa shape index (κ3) is 19.9. The Bertz CT molecular complexity index is 280. The molecule has 0 saturated carbocycles. The van der Waals surface area contributed by atoms with Gasteiger partial charge in [0.15, 0.2) is 0 Å². The molecule has 0 saturated heterocycles. The van der Waals surface area contributed by atoms with Crippen molar-refractivity contribution in [2.45, 2.75) is 96.8 Å². The van der Waals surface area contributed by atoms with Crippen LogP contribution < -0.4 is 0 Å². The summed E-state index contributed by atoms with van der Waals surface area (Å²) in [5.74, 6) is -0.687. The topological polar surface area (TPSA) is 37.3 Å². The number of rotatable bonds is 15. The van der Waals surface area contributed by atoms with Crippen molar-refractivity contribution in [2.24, 2.45) is 0 Å². The average molecular weight is 408 g/mol. The molecule has 0 unspecified atom stereocenters. The first-order valence-corrected chi connectivity index (χ1v) is 8.73. The summed E-state index contributed by atoms with van der Waals surface area (Å²) in [6.45, 7) is 2.21. The van der Waals surface area contributed by atoms with E-state index in [0.717, 1.165) is 44.9 Å². The molecule has 0 aromatic carbocycles. The molecule has 0 heterocycles. The fourth-order valence-corrected chi connectivity index (χ4v) is 2.39. The van der Waals surface area contributed by atoms with Crippen LogP contribution in [0, 0.1) is 0 Å². The van der Waals surface area contributed by atoms with Crippen molar-refractivity contribution in [3.63, 3.8) is 0 Å². The minimum Gasteiger partial charge on any atom is -0.481 e. The van der Waals surface area contributed by atoms with Crippen LogP contribution in [0.3, 0.4) is 0 Å². The summed E-state index contributed by atoms with van der Waals surface area (Å²) >= 11 is 0. The summed E-state index contributed by atoms with van der Waals surface area (Å²) in [7, 11) is 0. The Balaban J connectivity index is 0. The van der Waals surface area contributed by atoms with Crippen molar-refractivity contribution in [3.05, 3.63) is 11.9 Å². The van der Waals surface area contributed by atoms with Crippen molar-refractivity contribution in [1.29, 1.82) is 0 Å². The smallest absolute Gasteiger partial charge is 0.303 e. The van der Waals surface area contributed by atoms with Gasteiger partial charge in [0.2, 0.25) is 0 Å². The first-order chi connectivity index (χ1) is 10.2. The Labute approximate surface area is 151 Å². The molecule has 2 nitrogen and oxygen atoms in total. The van der Waals surface area contributed by atoms with Crippen LogP contribution in [0.25, 0.3) is 0 Å². The van der Waals surface area contributed by atoms with Crippen LogP contribution in [0.15, 0.2) is 11.9 Å². The Kier molecular flexibility index (Phi) is 20.8. The van der Waals surface area contributed by atoms with Crippen LogP contribution in [0.2, 0.25) is 0 Å². The molecule has 1 N–H and O–H groups in total. The van der Waals surface area contributed by atoms with E-state index in [1.165, 1.54) is 32.1 Å². The van der Waals surface area contributed by atoms with Gasteiger partial charge in [-0.2, -0.15) is 0 Å². The third-order valence-electron chi connectivity index (χ3n) is 3.73. The molecule has 4 heteroatoms. The molecule has 0 aromatic heterocycles. The summed E-state index contributed by atoms with van der Waals surface area (Å²) in [5, 5.41) is 8.49. The maximum absolute atomic E-state index is 13.5. The predicted octanol–water partition coefficient (Wildman–Crippen LogP) is 6.40. The Morgan fingerprint density at radius 3 is 1.95 bits per heavy atom. The number of hydrogen-bond acceptors (Lipinski definition) is 1. The molecule has 0 aliphatic carbocycles. The molecular weight excluding hydrogens is 375 g/mol. The van der Waals surface area contributed by atoms with Gasteiger partial charge in [0, 0.05) is 28.8 Å². The van der Waals surface area contributed by atoms with Crippen molar-refractivity contribution in [2.75, 3.05) is 0 Å². The molecule has 0 rings (SSSR count). The molecule has 0 aliphatic rings. The van der Waals surface area contributed by atoms with E-state index in [4.69, 9.17) is 5.11 Å². The van der Waals surface area contributed by atoms with Gasteiger partial charge in [0.25, 0.3) is 0 Å². The van der Waals surface area contributed by atoms with Crippen LogP contribution in [0.4, 0.5) is 4.39 Å². The van der Waals surface area contributed by atoms with Gasteiger partial charge in [-0.05, 0) is 32.1 Å². The van der Waals surface area contributed by atoms with Gasteiger partial charge in [-0.1, -0.05) is 64.4 Å². The number of aliphatic carboxylic acids is 1. The fourth-order valence-electron chi connectivity index (χ4n) is 2.39. The standard InChI is InChI=1S/C18H33FO2.Ag/c1-2-3-4-5-6-8-11-14-17(19)15-12-9-7-10-13-16-18(20)21;/h14H,2-13,15-16H2,1H3,(H,20,21);/b17-14+;. The van der Waals surface area contributed by atoms with Crippen molar-refractivity contribution in [3.8, 4) is 0 Å². The van der Waals surface area contributed by atoms with Crippen LogP contribution >= 0.6 is 0 Å². The van der Waals surface area contributed by atoms with Crippen molar-refractivity contribution in [1.82, 2.24) is 0 Å². The number of allylic oxidation sites excluding steroid dienone is 2. The Morgan fingerprint density at radius 2 is 1.36 bits per heavy atom. The summed E-state index contributed by atoms with van der Waals surface area (Å²) < 4.78 is 13.5. The molecule has 22 heavy (non-hydrogen) atoms. The molecular formula is C18H33AgFO2. The molecule has 0 amide bonds. The maximum Gasteiger partial charge on any atom is 0.303 e. The largest absolute Gasteiger partial charge is 0.481 e. The van der Waals surface area contributed by atoms with E-state index < -0.39 is 5.97 Å². The summed E-state index contributed by atoms with van der Waals surface area (Å²) in [6.07, 6.45) is 15.5. The number of unbranched alkanes of at least 4 members (excludes halogenated alkanes) is 10. The number of hydrogen-bond donors (Lipinski definition) is 1. The molecule has 1 radical (unpaired) electrons. The molecule has 0 bridgehead atoms. The normalized spacial score (nSPS) is 11.3. The Hall–Kier alpha value is -0.120. The second-order valence-electron chi connectivity index (χ2n) is 5.87. The first-order valence-electron chi connectivity index (χ1n) is 8.73. The molecule has 0 atom stereocenters. The van der Waals surface area contributed by atoms with Gasteiger partial charge in [-0.3, -0.25) is 4.79 Å². The van der Waals surface area contributed by atoms with Crippen LogP contribution in [-0.2, 0) is 27.2 Å². The van der Waals surface area contributed by atoms with E-state index >= 15 is 0 Å². The first kappa shape index (κ1) is 24.1. The van der Waals surface area contributed by atoms with Gasteiger partial charge in [0.05, 0.1) is 5.83 Å². The fraction of sp³-hybridized carbons (Fsp3) is 0.833.